The average Bonchev–Trinajstić information content (AvgIpc) is 3.44. The Labute approximate surface area is 262 Å². The van der Waals surface area contributed by atoms with Crippen LogP contribution >= 0.6 is 11.3 Å². The van der Waals surface area contributed by atoms with Crippen molar-refractivity contribution in [3.8, 4) is 5.75 Å². The molecule has 0 saturated carbocycles. The summed E-state index contributed by atoms with van der Waals surface area (Å²) in [6.07, 6.45) is 12.0. The lowest BCUT2D eigenvalue weighted by Crippen LogP contribution is -2.45. The van der Waals surface area contributed by atoms with E-state index in [4.69, 9.17) is 15.6 Å². The SMILES string of the molecule is CC(C)(C)CCCC(=O)O.CCCCCCCC.NC(=O)C(Cc1ccsc1)NC(=O)CCc1ccc(O)cc1.NC=O. The summed E-state index contributed by atoms with van der Waals surface area (Å²) in [4.78, 5) is 42.1. The molecule has 0 spiro atoms. The number of rotatable bonds is 15. The number of carbonyl (C=O) groups is 4. The molecule has 1 aromatic carbocycles. The average molecular weight is 622 g/mol. The highest BCUT2D eigenvalue weighted by Crippen LogP contribution is 2.21. The lowest BCUT2D eigenvalue weighted by Gasteiger charge is -2.16. The van der Waals surface area contributed by atoms with Crippen LogP contribution in [0.1, 0.15) is 110 Å². The summed E-state index contributed by atoms with van der Waals surface area (Å²) in [6, 6.07) is 7.90. The van der Waals surface area contributed by atoms with Gasteiger partial charge < -0.3 is 27.0 Å². The van der Waals surface area contributed by atoms with E-state index in [1.165, 1.54) is 49.9 Å². The van der Waals surface area contributed by atoms with Crippen molar-refractivity contribution in [3.63, 3.8) is 0 Å². The number of thiophene rings is 1. The summed E-state index contributed by atoms with van der Waals surface area (Å²) in [7, 11) is 0. The van der Waals surface area contributed by atoms with E-state index >= 15 is 0 Å². The molecule has 0 bridgehead atoms. The van der Waals surface area contributed by atoms with E-state index in [1.54, 1.807) is 24.3 Å². The number of carboxylic acid groups (broad SMARTS) is 1. The van der Waals surface area contributed by atoms with Gasteiger partial charge in [-0.15, -0.1) is 0 Å². The number of benzene rings is 1. The number of hydrogen-bond acceptors (Lipinski definition) is 6. The number of hydrogen-bond donors (Lipinski definition) is 5. The molecule has 0 saturated heterocycles. The Morgan fingerprint density at radius 2 is 1.49 bits per heavy atom. The minimum absolute atomic E-state index is 0.192. The van der Waals surface area contributed by atoms with Gasteiger partial charge in [-0.05, 0) is 64.8 Å². The third-order valence-corrected chi connectivity index (χ3v) is 6.78. The second-order valence-electron chi connectivity index (χ2n) is 11.4. The Morgan fingerprint density at radius 1 is 0.930 bits per heavy atom. The van der Waals surface area contributed by atoms with Gasteiger partial charge in [-0.3, -0.25) is 19.2 Å². The molecule has 0 aliphatic heterocycles. The Hall–Kier alpha value is -3.40. The van der Waals surface area contributed by atoms with Crippen molar-refractivity contribution >= 4 is 35.5 Å². The van der Waals surface area contributed by atoms with Crippen LogP contribution in [0.2, 0.25) is 0 Å². The fraction of sp³-hybridized carbons (Fsp3) is 0.576. The highest BCUT2D eigenvalue weighted by atomic mass is 32.1. The van der Waals surface area contributed by atoms with Gasteiger partial charge in [0.15, 0.2) is 0 Å². The fourth-order valence-electron chi connectivity index (χ4n) is 3.68. The zero-order valence-corrected chi connectivity index (χ0v) is 27.6. The topological polar surface area (TPSA) is 173 Å². The highest BCUT2D eigenvalue weighted by Gasteiger charge is 2.18. The van der Waals surface area contributed by atoms with Gasteiger partial charge in [-0.25, -0.2) is 0 Å². The third kappa shape index (κ3) is 28.5. The number of nitrogens with two attached hydrogens (primary N) is 2. The van der Waals surface area contributed by atoms with Gasteiger partial charge in [0.2, 0.25) is 18.2 Å². The van der Waals surface area contributed by atoms with Crippen molar-refractivity contribution in [2.45, 2.75) is 118 Å². The van der Waals surface area contributed by atoms with Gasteiger partial charge in [-0.2, -0.15) is 11.3 Å². The number of aromatic hydroxyl groups is 1. The predicted octanol–water partition coefficient (Wildman–Crippen LogP) is 6.35. The van der Waals surface area contributed by atoms with Crippen LogP contribution in [0.5, 0.6) is 5.75 Å². The van der Waals surface area contributed by atoms with Crippen molar-refractivity contribution in [1.29, 1.82) is 0 Å². The predicted molar refractivity (Wildman–Crippen MR) is 176 cm³/mol. The zero-order chi connectivity index (χ0) is 33.1. The molecule has 10 heteroatoms. The largest absolute Gasteiger partial charge is 0.508 e. The minimum atomic E-state index is -0.693. The summed E-state index contributed by atoms with van der Waals surface area (Å²) in [5, 5.41) is 24.0. The van der Waals surface area contributed by atoms with E-state index in [1.807, 2.05) is 16.8 Å². The van der Waals surface area contributed by atoms with Gasteiger partial charge in [0.25, 0.3) is 0 Å². The number of unbranched alkanes of at least 4 members (excludes halogenated alkanes) is 5. The van der Waals surface area contributed by atoms with Crippen LogP contribution in [0.25, 0.3) is 0 Å². The van der Waals surface area contributed by atoms with Crippen LogP contribution in [-0.2, 0) is 32.0 Å². The van der Waals surface area contributed by atoms with E-state index < -0.39 is 17.9 Å². The van der Waals surface area contributed by atoms with Crippen LogP contribution in [0.15, 0.2) is 41.1 Å². The first kappa shape index (κ1) is 41.7. The number of aliphatic carboxylic acids is 1. The molecule has 0 aliphatic rings. The quantitative estimate of drug-likeness (QED) is 0.114. The lowest BCUT2D eigenvalue weighted by molar-refractivity contribution is -0.137. The molecule has 7 N–H and O–H groups in total. The maximum Gasteiger partial charge on any atom is 0.303 e. The molecule has 0 aliphatic carbocycles. The number of amides is 3. The van der Waals surface area contributed by atoms with E-state index in [9.17, 15) is 19.5 Å². The molecule has 2 rings (SSSR count). The van der Waals surface area contributed by atoms with E-state index in [0.717, 1.165) is 24.0 Å². The molecule has 0 fully saturated rings. The number of carbonyl (C=O) groups excluding carboxylic acids is 3. The number of primary amides is 2. The monoisotopic (exact) mass is 621 g/mol. The van der Waals surface area contributed by atoms with E-state index in [2.05, 4.69) is 45.7 Å². The highest BCUT2D eigenvalue weighted by molar-refractivity contribution is 7.07. The Morgan fingerprint density at radius 3 is 1.91 bits per heavy atom. The number of phenolic OH excluding ortho intramolecular Hbond substituents is 1. The van der Waals surface area contributed by atoms with Crippen molar-refractivity contribution < 1.29 is 29.4 Å². The van der Waals surface area contributed by atoms with Gasteiger partial charge in [-0.1, -0.05) is 85.3 Å². The Kier molecular flexibility index (Phi) is 25.5. The van der Waals surface area contributed by atoms with Crippen molar-refractivity contribution in [1.82, 2.24) is 5.32 Å². The standard InChI is InChI=1S/C16H18N2O3S.C8H16O2.C8H18.CH3NO/c17-16(21)14(9-12-7-8-22-10-12)18-15(20)6-3-11-1-4-13(19)5-2-11;1-8(2,3)6-4-5-7(9)10;1-3-5-7-8-6-4-2;2-1-3/h1-2,4-5,7-8,10,14,19H,3,6,9H2,(H2,17,21)(H,18,20);4-6H2,1-3H3,(H,9,10);3-8H2,1-2H3;1H,(H2,2,3). The summed E-state index contributed by atoms with van der Waals surface area (Å²) in [5.41, 5.74) is 11.7. The van der Waals surface area contributed by atoms with Gasteiger partial charge in [0.05, 0.1) is 0 Å². The third-order valence-electron chi connectivity index (χ3n) is 6.05. The molecule has 1 heterocycles. The van der Waals surface area contributed by atoms with Crippen LogP contribution in [0.4, 0.5) is 0 Å². The van der Waals surface area contributed by atoms with Crippen LogP contribution in [0, 0.1) is 5.41 Å². The normalized spacial score (nSPS) is 10.8. The number of nitrogens with one attached hydrogen (secondary N) is 1. The number of aryl methyl sites for hydroxylation is 1. The molecular weight excluding hydrogens is 566 g/mol. The first-order valence-electron chi connectivity index (χ1n) is 15.0. The van der Waals surface area contributed by atoms with E-state index in [0.29, 0.717) is 19.3 Å². The van der Waals surface area contributed by atoms with Gasteiger partial charge >= 0.3 is 5.97 Å². The maximum atomic E-state index is 12.0. The van der Waals surface area contributed by atoms with Crippen LogP contribution in [0.3, 0.4) is 0 Å². The minimum Gasteiger partial charge on any atom is -0.508 e. The molecular formula is C33H55N3O6S. The van der Waals surface area contributed by atoms with Crippen molar-refractivity contribution in [3.05, 3.63) is 52.2 Å². The second kappa shape index (κ2) is 26.2. The molecule has 9 nitrogen and oxygen atoms in total. The summed E-state index contributed by atoms with van der Waals surface area (Å²) in [6.45, 7) is 10.9. The smallest absolute Gasteiger partial charge is 0.303 e. The van der Waals surface area contributed by atoms with Gasteiger partial charge in [0.1, 0.15) is 11.8 Å². The second-order valence-corrected chi connectivity index (χ2v) is 12.2. The summed E-state index contributed by atoms with van der Waals surface area (Å²) >= 11 is 1.54. The van der Waals surface area contributed by atoms with Gasteiger partial charge in [0, 0.05) is 19.3 Å². The molecule has 1 aromatic heterocycles. The zero-order valence-electron chi connectivity index (χ0n) is 26.8. The van der Waals surface area contributed by atoms with Crippen LogP contribution < -0.4 is 16.8 Å². The molecule has 2 aromatic rings. The first-order valence-corrected chi connectivity index (χ1v) is 16.0. The molecule has 0 radical (unpaired) electrons. The van der Waals surface area contributed by atoms with Crippen molar-refractivity contribution in [2.24, 2.45) is 16.9 Å². The molecule has 1 atom stereocenters. The van der Waals surface area contributed by atoms with E-state index in [-0.39, 0.29) is 29.9 Å². The Balaban J connectivity index is 0. The summed E-state index contributed by atoms with van der Waals surface area (Å²) in [5.74, 6) is -1.25. The maximum absolute atomic E-state index is 12.0. The molecule has 43 heavy (non-hydrogen) atoms. The molecule has 3 amide bonds. The lowest BCUT2D eigenvalue weighted by atomic mass is 9.90. The molecule has 244 valence electrons. The van der Waals surface area contributed by atoms with Crippen LogP contribution in [-0.4, -0.2) is 40.4 Å². The fourth-order valence-corrected chi connectivity index (χ4v) is 4.36. The molecule has 1 unspecified atom stereocenters. The summed E-state index contributed by atoms with van der Waals surface area (Å²) < 4.78 is 0. The number of phenols is 1. The number of carboxylic acids is 1. The van der Waals surface area contributed by atoms with Crippen molar-refractivity contribution in [2.75, 3.05) is 0 Å². The first-order chi connectivity index (χ1) is 20.3. The Bertz CT molecular complexity index is 983.